The fraction of sp³-hybridized carbons (Fsp3) is 0.0500. The van der Waals surface area contributed by atoms with Crippen LogP contribution in [0.3, 0.4) is 0 Å². The lowest BCUT2D eigenvalue weighted by Gasteiger charge is -2.24. The van der Waals surface area contributed by atoms with Gasteiger partial charge in [0.2, 0.25) is 5.91 Å². The van der Waals surface area contributed by atoms with Gasteiger partial charge in [-0.15, -0.1) is 0 Å². The first kappa shape index (κ1) is 22.4. The summed E-state index contributed by atoms with van der Waals surface area (Å²) in [4.78, 5) is 12.7. The highest BCUT2D eigenvalue weighted by Crippen LogP contribution is 2.34. The zero-order valence-corrected chi connectivity index (χ0v) is 18.2. The van der Waals surface area contributed by atoms with Gasteiger partial charge in [-0.25, -0.2) is 12.8 Å². The van der Waals surface area contributed by atoms with Crippen LogP contribution in [-0.4, -0.2) is 20.9 Å². The van der Waals surface area contributed by atoms with E-state index in [4.69, 9.17) is 34.8 Å². The summed E-state index contributed by atoms with van der Waals surface area (Å²) in [6.45, 7) is -0.599. The number of halogens is 4. The molecule has 0 bridgehead atoms. The van der Waals surface area contributed by atoms with Crippen LogP contribution in [0.15, 0.2) is 71.6 Å². The number of hydrogen-bond donors (Lipinski definition) is 1. The van der Waals surface area contributed by atoms with Crippen molar-refractivity contribution in [2.75, 3.05) is 16.2 Å². The lowest BCUT2D eigenvalue weighted by Crippen LogP contribution is -2.38. The van der Waals surface area contributed by atoms with Crippen LogP contribution in [0.2, 0.25) is 15.1 Å². The van der Waals surface area contributed by atoms with Gasteiger partial charge in [-0.2, -0.15) is 0 Å². The Bertz CT molecular complexity index is 1150. The second-order valence-electron chi connectivity index (χ2n) is 6.09. The molecular weight excluding hydrogens is 474 g/mol. The lowest BCUT2D eigenvalue weighted by atomic mass is 10.3. The summed E-state index contributed by atoms with van der Waals surface area (Å²) in [5.41, 5.74) is 0.215. The highest BCUT2D eigenvalue weighted by Gasteiger charge is 2.27. The molecule has 3 rings (SSSR count). The smallest absolute Gasteiger partial charge is 0.264 e. The number of nitrogens with one attached hydrogen (secondary N) is 1. The maximum Gasteiger partial charge on any atom is 0.264 e. The molecule has 30 heavy (non-hydrogen) atoms. The molecule has 0 radical (unpaired) electrons. The number of hydrogen-bond acceptors (Lipinski definition) is 3. The molecule has 0 spiro atoms. The minimum absolute atomic E-state index is 0.0234. The van der Waals surface area contributed by atoms with Crippen LogP contribution in [-0.2, 0) is 14.8 Å². The van der Waals surface area contributed by atoms with Gasteiger partial charge in [0, 0.05) is 5.02 Å². The van der Waals surface area contributed by atoms with Gasteiger partial charge in [0.25, 0.3) is 10.0 Å². The van der Waals surface area contributed by atoms with Crippen molar-refractivity contribution in [1.82, 2.24) is 0 Å². The summed E-state index contributed by atoms with van der Waals surface area (Å²) < 4.78 is 40.6. The van der Waals surface area contributed by atoms with Crippen molar-refractivity contribution in [3.8, 4) is 0 Å². The van der Waals surface area contributed by atoms with E-state index >= 15 is 0 Å². The van der Waals surface area contributed by atoms with Gasteiger partial charge in [0.05, 0.1) is 26.3 Å². The molecule has 1 N–H and O–H groups in total. The van der Waals surface area contributed by atoms with E-state index in [9.17, 15) is 17.6 Å². The van der Waals surface area contributed by atoms with Crippen molar-refractivity contribution in [2.45, 2.75) is 4.90 Å². The zero-order chi connectivity index (χ0) is 21.9. The Balaban J connectivity index is 1.95. The van der Waals surface area contributed by atoms with E-state index in [2.05, 4.69) is 5.32 Å². The number of nitrogens with zero attached hydrogens (tertiary/aromatic N) is 1. The molecule has 3 aromatic rings. The molecule has 156 valence electrons. The Morgan fingerprint density at radius 2 is 1.50 bits per heavy atom. The van der Waals surface area contributed by atoms with Crippen LogP contribution >= 0.6 is 34.8 Å². The van der Waals surface area contributed by atoms with Crippen LogP contribution in [0.1, 0.15) is 0 Å². The van der Waals surface area contributed by atoms with Gasteiger partial charge in [-0.05, 0) is 48.5 Å². The summed E-state index contributed by atoms with van der Waals surface area (Å²) >= 11 is 18.0. The second-order valence-corrected chi connectivity index (χ2v) is 9.21. The third-order valence-corrected chi connectivity index (χ3v) is 6.61. The van der Waals surface area contributed by atoms with Crippen LogP contribution in [0.4, 0.5) is 15.8 Å². The predicted octanol–water partition coefficient (Wildman–Crippen LogP) is 5.62. The number of benzene rings is 3. The zero-order valence-electron chi connectivity index (χ0n) is 15.2. The highest BCUT2D eigenvalue weighted by molar-refractivity contribution is 7.92. The van der Waals surface area contributed by atoms with Crippen molar-refractivity contribution in [3.63, 3.8) is 0 Å². The first-order valence-electron chi connectivity index (χ1n) is 8.46. The third kappa shape index (κ3) is 5.05. The fourth-order valence-corrected chi connectivity index (χ4v) is 4.97. The minimum atomic E-state index is -4.12. The molecular formula is C20H14Cl3FN2O3S. The summed E-state index contributed by atoms with van der Waals surface area (Å²) in [5, 5.41) is 2.97. The maximum atomic E-state index is 13.4. The average molecular weight is 488 g/mol. The van der Waals surface area contributed by atoms with Gasteiger partial charge in [-0.3, -0.25) is 9.10 Å². The first-order valence-corrected chi connectivity index (χ1v) is 11.0. The summed E-state index contributed by atoms with van der Waals surface area (Å²) in [7, 11) is -4.12. The molecule has 1 amide bonds. The summed E-state index contributed by atoms with van der Waals surface area (Å²) in [6.07, 6.45) is 0. The Labute approximate surface area is 188 Å². The van der Waals surface area contributed by atoms with Crippen molar-refractivity contribution in [2.24, 2.45) is 0 Å². The van der Waals surface area contributed by atoms with Crippen molar-refractivity contribution in [3.05, 3.63) is 87.6 Å². The summed E-state index contributed by atoms with van der Waals surface area (Å²) in [5.74, 6) is -1.25. The minimum Gasteiger partial charge on any atom is -0.322 e. The molecule has 0 unspecified atom stereocenters. The Kier molecular flexibility index (Phi) is 6.88. The lowest BCUT2D eigenvalue weighted by molar-refractivity contribution is -0.114. The van der Waals surface area contributed by atoms with Crippen molar-refractivity contribution in [1.29, 1.82) is 0 Å². The molecule has 0 heterocycles. The number of rotatable bonds is 6. The van der Waals surface area contributed by atoms with Crippen molar-refractivity contribution < 1.29 is 17.6 Å². The second kappa shape index (κ2) is 9.22. The van der Waals surface area contributed by atoms with Gasteiger partial charge < -0.3 is 5.32 Å². The fourth-order valence-electron chi connectivity index (χ4n) is 2.61. The molecule has 5 nitrogen and oxygen atoms in total. The SMILES string of the molecule is O=C(CN(c1ccc(F)cc1)S(=O)(=O)c1ccccc1)Nc1c(Cl)cc(Cl)cc1Cl. The molecule has 0 aliphatic heterocycles. The van der Waals surface area contributed by atoms with Crippen LogP contribution in [0, 0.1) is 5.82 Å². The number of anilines is 2. The quantitative estimate of drug-likeness (QED) is 0.491. The van der Waals surface area contributed by atoms with E-state index in [0.717, 1.165) is 16.4 Å². The molecule has 0 aliphatic rings. The van der Waals surface area contributed by atoms with Crippen LogP contribution in [0.25, 0.3) is 0 Å². The van der Waals surface area contributed by atoms with E-state index in [1.165, 1.54) is 36.4 Å². The number of carbonyl (C=O) groups is 1. The van der Waals surface area contributed by atoms with Gasteiger partial charge in [-0.1, -0.05) is 53.0 Å². The van der Waals surface area contributed by atoms with Gasteiger partial charge >= 0.3 is 0 Å². The summed E-state index contributed by atoms with van der Waals surface area (Å²) in [6, 6.07) is 15.1. The molecule has 0 aliphatic carbocycles. The van der Waals surface area contributed by atoms with Gasteiger partial charge in [0.1, 0.15) is 12.4 Å². The molecule has 0 saturated heterocycles. The largest absolute Gasteiger partial charge is 0.322 e. The third-order valence-electron chi connectivity index (χ3n) is 4.00. The maximum absolute atomic E-state index is 13.4. The molecule has 0 fully saturated rings. The number of amides is 1. The van der Waals surface area contributed by atoms with Crippen LogP contribution < -0.4 is 9.62 Å². The number of sulfonamides is 1. The molecule has 3 aromatic carbocycles. The van der Waals surface area contributed by atoms with E-state index in [0.29, 0.717) is 0 Å². The first-order chi connectivity index (χ1) is 14.2. The predicted molar refractivity (Wildman–Crippen MR) is 117 cm³/mol. The van der Waals surface area contributed by atoms with E-state index in [-0.39, 0.29) is 31.3 Å². The van der Waals surface area contributed by atoms with Crippen LogP contribution in [0.5, 0.6) is 0 Å². The normalized spacial score (nSPS) is 11.2. The highest BCUT2D eigenvalue weighted by atomic mass is 35.5. The standard InChI is InChI=1S/C20H14Cl3FN2O3S/c21-13-10-17(22)20(18(23)11-13)25-19(27)12-26(15-8-6-14(24)7-9-15)30(28,29)16-4-2-1-3-5-16/h1-11H,12H2,(H,25,27). The molecule has 10 heteroatoms. The van der Waals surface area contributed by atoms with E-state index in [1.807, 2.05) is 0 Å². The Morgan fingerprint density at radius 3 is 2.07 bits per heavy atom. The molecule has 0 saturated carbocycles. The Morgan fingerprint density at radius 1 is 0.933 bits per heavy atom. The molecule has 0 atom stereocenters. The van der Waals surface area contributed by atoms with Crippen molar-refractivity contribution >= 4 is 62.1 Å². The number of carbonyl (C=O) groups excluding carboxylic acids is 1. The monoisotopic (exact) mass is 486 g/mol. The topological polar surface area (TPSA) is 66.5 Å². The average Bonchev–Trinajstić information content (AvgIpc) is 2.70. The Hall–Kier alpha value is -2.32. The van der Waals surface area contributed by atoms with Gasteiger partial charge in [0.15, 0.2) is 0 Å². The van der Waals surface area contributed by atoms with E-state index in [1.54, 1.807) is 18.2 Å². The molecule has 0 aromatic heterocycles. The van der Waals surface area contributed by atoms with E-state index < -0.39 is 28.3 Å².